The van der Waals surface area contributed by atoms with Gasteiger partial charge in [-0.3, -0.25) is 4.79 Å². The Balaban J connectivity index is 1.85. The van der Waals surface area contributed by atoms with Gasteiger partial charge in [-0.15, -0.1) is 0 Å². The van der Waals surface area contributed by atoms with Gasteiger partial charge in [-0.25, -0.2) is 0 Å². The molecule has 0 saturated carbocycles. The maximum Gasteiger partial charge on any atom is 0.414 e. The molecule has 0 spiro atoms. The van der Waals surface area contributed by atoms with E-state index in [0.29, 0.717) is 13.0 Å². The molecular weight excluding hydrogens is 391 g/mol. The maximum absolute atomic E-state index is 12.9. The van der Waals surface area contributed by atoms with Gasteiger partial charge >= 0.3 is 6.18 Å². The van der Waals surface area contributed by atoms with Crippen LogP contribution >= 0.6 is 11.8 Å². The van der Waals surface area contributed by atoms with Crippen LogP contribution in [0.1, 0.15) is 32.3 Å². The normalized spacial score (nSPS) is 22.3. The smallest absolute Gasteiger partial charge is 0.414 e. The van der Waals surface area contributed by atoms with Crippen molar-refractivity contribution in [2.45, 2.75) is 56.0 Å². The first kappa shape index (κ1) is 23.0. The number of hydrogen-bond acceptors (Lipinski definition) is 5. The summed E-state index contributed by atoms with van der Waals surface area (Å²) < 4.78 is 43.7. The van der Waals surface area contributed by atoms with Crippen LogP contribution in [0.15, 0.2) is 24.3 Å². The van der Waals surface area contributed by atoms with Crippen molar-refractivity contribution < 1.29 is 27.8 Å². The van der Waals surface area contributed by atoms with Crippen molar-refractivity contribution in [2.75, 3.05) is 13.7 Å². The summed E-state index contributed by atoms with van der Waals surface area (Å²) in [6.07, 6.45) is -6.87. The van der Waals surface area contributed by atoms with E-state index in [1.807, 2.05) is 24.3 Å². The molecule has 1 aromatic carbocycles. The van der Waals surface area contributed by atoms with Crippen LogP contribution in [0.2, 0.25) is 0 Å². The van der Waals surface area contributed by atoms with E-state index in [0.717, 1.165) is 17.1 Å². The first-order chi connectivity index (χ1) is 13.1. The van der Waals surface area contributed by atoms with Gasteiger partial charge in [0.1, 0.15) is 11.5 Å². The molecule has 2 rings (SSSR count). The highest BCUT2D eigenvalue weighted by atomic mass is 32.2. The van der Waals surface area contributed by atoms with Crippen molar-refractivity contribution in [3.63, 3.8) is 0 Å². The van der Waals surface area contributed by atoms with Crippen LogP contribution in [0.3, 0.4) is 0 Å². The summed E-state index contributed by atoms with van der Waals surface area (Å²) in [7, 11) is 1.61. The minimum absolute atomic E-state index is 0.223. The first-order valence-corrected chi connectivity index (χ1v) is 10.4. The fraction of sp³-hybridized carbons (Fsp3) is 0.650. The molecule has 8 heteroatoms. The van der Waals surface area contributed by atoms with Gasteiger partial charge in [0.15, 0.2) is 6.10 Å². The number of hydrogen-bond donors (Lipinski definition) is 2. The molecule has 1 aromatic rings. The lowest BCUT2D eigenvalue weighted by atomic mass is 9.84. The zero-order chi connectivity index (χ0) is 20.9. The Bertz CT molecular complexity index is 637. The van der Waals surface area contributed by atoms with Crippen LogP contribution in [0.5, 0.6) is 5.75 Å². The van der Waals surface area contributed by atoms with E-state index in [1.165, 1.54) is 0 Å². The molecule has 4 nitrogen and oxygen atoms in total. The largest absolute Gasteiger partial charge is 0.497 e. The summed E-state index contributed by atoms with van der Waals surface area (Å²) in [4.78, 5) is 12.5. The van der Waals surface area contributed by atoms with E-state index in [4.69, 9.17) is 4.74 Å². The average molecular weight is 420 g/mol. The number of methoxy groups -OCH3 is 1. The zero-order valence-corrected chi connectivity index (χ0v) is 17.1. The number of rotatable bonds is 9. The lowest BCUT2D eigenvalue weighted by Gasteiger charge is -2.28. The number of ketones is 1. The summed E-state index contributed by atoms with van der Waals surface area (Å²) in [5, 5.41) is 12.9. The predicted molar refractivity (Wildman–Crippen MR) is 104 cm³/mol. The molecule has 0 aliphatic carbocycles. The number of thioether (sulfide) groups is 1. The molecule has 0 bridgehead atoms. The van der Waals surface area contributed by atoms with E-state index in [1.54, 1.807) is 32.7 Å². The quantitative estimate of drug-likeness (QED) is 0.637. The molecule has 1 heterocycles. The summed E-state index contributed by atoms with van der Waals surface area (Å²) >= 11 is 1.72. The Labute approximate surface area is 168 Å². The molecular formula is C20H28F3NO3S. The molecule has 0 aromatic heterocycles. The Morgan fingerprint density at radius 2 is 1.96 bits per heavy atom. The van der Waals surface area contributed by atoms with Crippen molar-refractivity contribution in [3.8, 4) is 5.75 Å². The number of halogens is 3. The number of ether oxygens (including phenoxy) is 1. The van der Waals surface area contributed by atoms with Gasteiger partial charge in [-0.1, -0.05) is 26.0 Å². The van der Waals surface area contributed by atoms with Crippen LogP contribution in [-0.4, -0.2) is 48.1 Å². The Morgan fingerprint density at radius 1 is 1.32 bits per heavy atom. The second kappa shape index (κ2) is 9.98. The second-order valence-corrected chi connectivity index (χ2v) is 8.83. The maximum atomic E-state index is 12.9. The second-order valence-electron chi connectivity index (χ2n) is 7.54. The molecule has 1 fully saturated rings. The monoisotopic (exact) mass is 419 g/mol. The molecule has 2 N–H and O–H groups in total. The van der Waals surface area contributed by atoms with Crippen molar-refractivity contribution >= 4 is 17.5 Å². The third kappa shape index (κ3) is 6.39. The SMILES string of the molecule is COc1ccc(CS[C@H]2CN[C@H](C(=O)C[C@@H](C(C)C)[C@H](O)C(F)(F)F)C2)cc1. The molecule has 158 valence electrons. The van der Waals surface area contributed by atoms with E-state index in [2.05, 4.69) is 5.32 Å². The fourth-order valence-corrected chi connectivity index (χ4v) is 4.50. The van der Waals surface area contributed by atoms with Crippen LogP contribution in [0.4, 0.5) is 13.2 Å². The van der Waals surface area contributed by atoms with Gasteiger partial charge in [0.05, 0.1) is 13.2 Å². The van der Waals surface area contributed by atoms with Gasteiger partial charge in [0.25, 0.3) is 0 Å². The highest BCUT2D eigenvalue weighted by Crippen LogP contribution is 2.33. The number of carbonyl (C=O) groups excluding carboxylic acids is 1. The minimum Gasteiger partial charge on any atom is -0.497 e. The lowest BCUT2D eigenvalue weighted by molar-refractivity contribution is -0.224. The average Bonchev–Trinajstić information content (AvgIpc) is 3.12. The molecule has 1 aliphatic heterocycles. The Morgan fingerprint density at radius 3 is 2.50 bits per heavy atom. The lowest BCUT2D eigenvalue weighted by Crippen LogP contribution is -2.42. The van der Waals surface area contributed by atoms with E-state index < -0.39 is 30.2 Å². The van der Waals surface area contributed by atoms with E-state index in [9.17, 15) is 23.1 Å². The topological polar surface area (TPSA) is 58.6 Å². The summed E-state index contributed by atoms with van der Waals surface area (Å²) in [5.41, 5.74) is 1.15. The number of nitrogens with one attached hydrogen (secondary N) is 1. The van der Waals surface area contributed by atoms with Crippen LogP contribution in [0.25, 0.3) is 0 Å². The van der Waals surface area contributed by atoms with Gasteiger partial charge < -0.3 is 15.2 Å². The molecule has 4 atom stereocenters. The molecule has 0 radical (unpaired) electrons. The summed E-state index contributed by atoms with van der Waals surface area (Å²) in [5.74, 6) is -0.238. The number of alkyl halides is 3. The van der Waals surface area contributed by atoms with Crippen molar-refractivity contribution in [2.24, 2.45) is 11.8 Å². The van der Waals surface area contributed by atoms with Crippen LogP contribution in [-0.2, 0) is 10.5 Å². The summed E-state index contributed by atoms with van der Waals surface area (Å²) in [6.45, 7) is 3.84. The number of aliphatic hydroxyl groups excluding tert-OH is 1. The zero-order valence-electron chi connectivity index (χ0n) is 16.3. The van der Waals surface area contributed by atoms with Crippen LogP contribution in [0, 0.1) is 11.8 Å². The van der Waals surface area contributed by atoms with Gasteiger partial charge in [-0.2, -0.15) is 24.9 Å². The number of carbonyl (C=O) groups is 1. The van der Waals surface area contributed by atoms with E-state index in [-0.39, 0.29) is 17.5 Å². The highest BCUT2D eigenvalue weighted by molar-refractivity contribution is 7.99. The molecule has 1 aliphatic rings. The first-order valence-electron chi connectivity index (χ1n) is 9.37. The van der Waals surface area contributed by atoms with Crippen LogP contribution < -0.4 is 10.1 Å². The van der Waals surface area contributed by atoms with Gasteiger partial charge in [-0.05, 0) is 30.0 Å². The van der Waals surface area contributed by atoms with Crippen molar-refractivity contribution in [1.82, 2.24) is 5.32 Å². The third-order valence-corrected chi connectivity index (χ3v) is 6.49. The van der Waals surface area contributed by atoms with E-state index >= 15 is 0 Å². The van der Waals surface area contributed by atoms with Gasteiger partial charge in [0.2, 0.25) is 0 Å². The molecule has 1 saturated heterocycles. The van der Waals surface area contributed by atoms with Crippen molar-refractivity contribution in [1.29, 1.82) is 0 Å². The third-order valence-electron chi connectivity index (χ3n) is 5.16. The Hall–Kier alpha value is -1.25. The minimum atomic E-state index is -4.71. The standard InChI is InChI=1S/C20H28F3NO3S/c1-12(2)16(19(26)20(21,22)23)9-18(25)17-8-15(10-24-17)28-11-13-4-6-14(27-3)7-5-13/h4-7,12,15-17,19,24,26H,8-11H2,1-3H3/t15-,16+,17+,19+/m1/s1. The highest BCUT2D eigenvalue weighted by Gasteiger charge is 2.45. The molecule has 28 heavy (non-hydrogen) atoms. The molecule has 0 unspecified atom stereocenters. The Kier molecular flexibility index (Phi) is 8.21. The number of Topliss-reactive ketones (excluding diaryl/α,β-unsaturated/α-hetero) is 1. The number of aliphatic hydroxyl groups is 1. The van der Waals surface area contributed by atoms with Crippen molar-refractivity contribution in [3.05, 3.63) is 29.8 Å². The fourth-order valence-electron chi connectivity index (χ4n) is 3.34. The number of benzene rings is 1. The van der Waals surface area contributed by atoms with Gasteiger partial charge in [0, 0.05) is 29.9 Å². The molecule has 0 amide bonds. The predicted octanol–water partition coefficient (Wildman–Crippen LogP) is 3.81. The summed E-state index contributed by atoms with van der Waals surface area (Å²) in [6, 6.07) is 7.32.